The van der Waals surface area contributed by atoms with Crippen LogP contribution < -0.4 is 4.90 Å². The van der Waals surface area contributed by atoms with Crippen molar-refractivity contribution in [1.82, 2.24) is 4.90 Å². The number of carbonyl (C=O) groups excluding carboxylic acids is 1. The van der Waals surface area contributed by atoms with Crippen LogP contribution in [0.3, 0.4) is 0 Å². The number of amides is 1. The average molecular weight is 378 g/mol. The van der Waals surface area contributed by atoms with Gasteiger partial charge in [-0.2, -0.15) is 4.39 Å². The first kappa shape index (κ1) is 18.1. The van der Waals surface area contributed by atoms with E-state index in [0.717, 1.165) is 23.4 Å². The zero-order valence-electron chi connectivity index (χ0n) is 14.1. The van der Waals surface area contributed by atoms with Crippen molar-refractivity contribution >= 4 is 28.9 Å². The van der Waals surface area contributed by atoms with Crippen molar-refractivity contribution in [2.45, 2.75) is 6.92 Å². The number of rotatable bonds is 3. The number of nitro benzene ring substituents is 1. The average Bonchev–Trinajstić information content (AvgIpc) is 2.63. The van der Waals surface area contributed by atoms with Crippen LogP contribution in [-0.2, 0) is 0 Å². The number of benzene rings is 2. The zero-order valence-corrected chi connectivity index (χ0v) is 14.9. The van der Waals surface area contributed by atoms with Gasteiger partial charge in [0, 0.05) is 48.5 Å². The van der Waals surface area contributed by atoms with Gasteiger partial charge in [-0.25, -0.2) is 0 Å². The third-order valence-corrected chi connectivity index (χ3v) is 4.70. The standard InChI is InChI=1S/C18H17ClFN3O3/c1-12-2-4-14(19)11-16(12)21-6-8-22(9-7-21)18(24)13-3-5-15(20)17(10-13)23(25)26/h2-5,10-11H,6-9H2,1H3. The second-order valence-electron chi connectivity index (χ2n) is 6.13. The summed E-state index contributed by atoms with van der Waals surface area (Å²) in [5, 5.41) is 11.5. The minimum absolute atomic E-state index is 0.116. The molecule has 6 nitrogen and oxygen atoms in total. The lowest BCUT2D eigenvalue weighted by atomic mass is 10.1. The maximum Gasteiger partial charge on any atom is 0.305 e. The predicted octanol–water partition coefficient (Wildman–Crippen LogP) is 3.66. The van der Waals surface area contributed by atoms with Gasteiger partial charge in [0.25, 0.3) is 5.91 Å². The van der Waals surface area contributed by atoms with Gasteiger partial charge in [0.1, 0.15) is 0 Å². The van der Waals surface area contributed by atoms with Gasteiger partial charge in [0.05, 0.1) is 4.92 Å². The Morgan fingerprint density at radius 1 is 1.15 bits per heavy atom. The summed E-state index contributed by atoms with van der Waals surface area (Å²) in [4.78, 5) is 26.4. The lowest BCUT2D eigenvalue weighted by Crippen LogP contribution is -2.49. The highest BCUT2D eigenvalue weighted by atomic mass is 35.5. The molecule has 8 heteroatoms. The molecule has 1 amide bonds. The van der Waals surface area contributed by atoms with E-state index in [0.29, 0.717) is 31.2 Å². The number of halogens is 2. The molecule has 0 spiro atoms. The van der Waals surface area contributed by atoms with Crippen LogP contribution in [-0.4, -0.2) is 41.9 Å². The number of nitro groups is 1. The molecule has 136 valence electrons. The lowest BCUT2D eigenvalue weighted by molar-refractivity contribution is -0.387. The second kappa shape index (κ2) is 7.29. The Bertz CT molecular complexity index is 867. The molecule has 0 aromatic heterocycles. The number of aryl methyl sites for hydroxylation is 1. The monoisotopic (exact) mass is 377 g/mol. The van der Waals surface area contributed by atoms with E-state index in [9.17, 15) is 19.3 Å². The molecule has 0 saturated carbocycles. The van der Waals surface area contributed by atoms with Crippen molar-refractivity contribution in [3.63, 3.8) is 0 Å². The number of hydrogen-bond acceptors (Lipinski definition) is 4. The summed E-state index contributed by atoms with van der Waals surface area (Å²) in [6.07, 6.45) is 0. The minimum atomic E-state index is -0.951. The fourth-order valence-corrected chi connectivity index (χ4v) is 3.21. The Kier molecular flexibility index (Phi) is 5.08. The molecule has 1 aliphatic heterocycles. The molecule has 2 aromatic rings. The van der Waals surface area contributed by atoms with Gasteiger partial charge in [0.15, 0.2) is 0 Å². The molecule has 2 aromatic carbocycles. The summed E-state index contributed by atoms with van der Waals surface area (Å²) in [7, 11) is 0. The van der Waals surface area contributed by atoms with Crippen LogP contribution in [0, 0.1) is 22.9 Å². The van der Waals surface area contributed by atoms with Crippen molar-refractivity contribution in [1.29, 1.82) is 0 Å². The smallest absolute Gasteiger partial charge is 0.305 e. The van der Waals surface area contributed by atoms with Crippen LogP contribution in [0.5, 0.6) is 0 Å². The summed E-state index contributed by atoms with van der Waals surface area (Å²) >= 11 is 6.07. The molecule has 0 bridgehead atoms. The van der Waals surface area contributed by atoms with Gasteiger partial charge in [-0.3, -0.25) is 14.9 Å². The topological polar surface area (TPSA) is 66.7 Å². The quantitative estimate of drug-likeness (QED) is 0.604. The number of hydrogen-bond donors (Lipinski definition) is 0. The molecule has 0 unspecified atom stereocenters. The van der Waals surface area contributed by atoms with Crippen LogP contribution in [0.25, 0.3) is 0 Å². The molecular weight excluding hydrogens is 361 g/mol. The maximum atomic E-state index is 13.5. The summed E-state index contributed by atoms with van der Waals surface area (Å²) in [5.41, 5.74) is 1.56. The van der Waals surface area contributed by atoms with E-state index in [2.05, 4.69) is 4.90 Å². The first-order chi connectivity index (χ1) is 12.4. The van der Waals surface area contributed by atoms with Gasteiger partial charge >= 0.3 is 5.69 Å². The third kappa shape index (κ3) is 3.62. The molecule has 1 aliphatic rings. The Balaban J connectivity index is 1.72. The fourth-order valence-electron chi connectivity index (χ4n) is 3.04. The third-order valence-electron chi connectivity index (χ3n) is 4.47. The van der Waals surface area contributed by atoms with Gasteiger partial charge in [0.2, 0.25) is 5.82 Å². The SMILES string of the molecule is Cc1ccc(Cl)cc1N1CCN(C(=O)c2ccc(F)c([N+](=O)[O-])c2)CC1. The fraction of sp³-hybridized carbons (Fsp3) is 0.278. The van der Waals surface area contributed by atoms with Gasteiger partial charge < -0.3 is 9.80 Å². The lowest BCUT2D eigenvalue weighted by Gasteiger charge is -2.37. The molecule has 3 rings (SSSR count). The second-order valence-corrected chi connectivity index (χ2v) is 6.57. The normalized spacial score (nSPS) is 14.4. The van der Waals surface area contributed by atoms with Crippen molar-refractivity contribution in [3.05, 3.63) is 68.5 Å². The zero-order chi connectivity index (χ0) is 18.8. The predicted molar refractivity (Wildman–Crippen MR) is 97.4 cm³/mol. The molecule has 1 fully saturated rings. The summed E-state index contributed by atoms with van der Waals surface area (Å²) in [5.74, 6) is -1.29. The van der Waals surface area contributed by atoms with Crippen molar-refractivity contribution in [2.24, 2.45) is 0 Å². The van der Waals surface area contributed by atoms with Gasteiger partial charge in [-0.15, -0.1) is 0 Å². The largest absolute Gasteiger partial charge is 0.368 e. The first-order valence-corrected chi connectivity index (χ1v) is 8.49. The van der Waals surface area contributed by atoms with Crippen molar-refractivity contribution in [2.75, 3.05) is 31.1 Å². The van der Waals surface area contributed by atoms with Crippen molar-refractivity contribution in [3.8, 4) is 0 Å². The van der Waals surface area contributed by atoms with E-state index >= 15 is 0 Å². The van der Waals surface area contributed by atoms with E-state index in [1.807, 2.05) is 25.1 Å². The molecule has 0 radical (unpaired) electrons. The first-order valence-electron chi connectivity index (χ1n) is 8.11. The minimum Gasteiger partial charge on any atom is -0.368 e. The van der Waals surface area contributed by atoms with Crippen LogP contribution in [0.2, 0.25) is 5.02 Å². The van der Waals surface area contributed by atoms with E-state index < -0.39 is 16.4 Å². The molecule has 1 heterocycles. The Labute approximate surface area is 154 Å². The number of carbonyl (C=O) groups is 1. The van der Waals surface area contributed by atoms with E-state index in [1.165, 1.54) is 6.07 Å². The Morgan fingerprint density at radius 3 is 2.50 bits per heavy atom. The highest BCUT2D eigenvalue weighted by Gasteiger charge is 2.25. The van der Waals surface area contributed by atoms with Crippen LogP contribution in [0.4, 0.5) is 15.8 Å². The van der Waals surface area contributed by atoms with Crippen LogP contribution in [0.1, 0.15) is 15.9 Å². The maximum absolute atomic E-state index is 13.5. The Morgan fingerprint density at radius 2 is 1.85 bits per heavy atom. The van der Waals surface area contributed by atoms with E-state index in [-0.39, 0.29) is 11.5 Å². The van der Waals surface area contributed by atoms with Gasteiger partial charge in [-0.1, -0.05) is 17.7 Å². The van der Waals surface area contributed by atoms with E-state index in [1.54, 1.807) is 4.90 Å². The van der Waals surface area contributed by atoms with Crippen LogP contribution in [0.15, 0.2) is 36.4 Å². The summed E-state index contributed by atoms with van der Waals surface area (Å²) in [6.45, 7) is 4.18. The molecule has 1 saturated heterocycles. The van der Waals surface area contributed by atoms with Gasteiger partial charge in [-0.05, 0) is 36.8 Å². The van der Waals surface area contributed by atoms with E-state index in [4.69, 9.17) is 11.6 Å². The molecular formula is C18H17ClFN3O3. The molecule has 0 atom stereocenters. The highest BCUT2D eigenvalue weighted by Crippen LogP contribution is 2.26. The van der Waals surface area contributed by atoms with Crippen LogP contribution >= 0.6 is 11.6 Å². The molecule has 0 N–H and O–H groups in total. The number of anilines is 1. The summed E-state index contributed by atoms with van der Waals surface area (Å²) < 4.78 is 13.5. The number of nitrogens with zero attached hydrogens (tertiary/aromatic N) is 3. The molecule has 0 aliphatic carbocycles. The Hall–Kier alpha value is -2.67. The molecule has 26 heavy (non-hydrogen) atoms. The highest BCUT2D eigenvalue weighted by molar-refractivity contribution is 6.30. The summed E-state index contributed by atoms with van der Waals surface area (Å²) in [6, 6.07) is 8.91. The number of piperazine rings is 1. The van der Waals surface area contributed by atoms with Crippen molar-refractivity contribution < 1.29 is 14.1 Å².